The van der Waals surface area contributed by atoms with E-state index in [1.54, 1.807) is 0 Å². The van der Waals surface area contributed by atoms with Gasteiger partial charge in [-0.1, -0.05) is 19.8 Å². The number of hydrogen-bond acceptors (Lipinski definition) is 0. The Morgan fingerprint density at radius 2 is 1.86 bits per heavy atom. The smallest absolute Gasteiger partial charge is 0.0223 e. The van der Waals surface area contributed by atoms with Crippen LogP contribution >= 0.6 is 11.6 Å². The fraction of sp³-hybridized carbons (Fsp3) is 1.00. The molecular formula is C5H11ClPd. The van der Waals surface area contributed by atoms with E-state index in [9.17, 15) is 0 Å². The summed E-state index contributed by atoms with van der Waals surface area (Å²) in [5.74, 6) is 0.827. The molecule has 0 aromatic rings. The van der Waals surface area contributed by atoms with Crippen LogP contribution in [-0.2, 0) is 20.4 Å². The molecule has 0 spiro atoms. The van der Waals surface area contributed by atoms with Crippen LogP contribution in [-0.4, -0.2) is 5.88 Å². The summed E-state index contributed by atoms with van der Waals surface area (Å²) in [5, 5.41) is 0. The second-order valence-electron chi connectivity index (χ2n) is 1.40. The molecule has 0 aromatic carbocycles. The Morgan fingerprint density at radius 3 is 2.00 bits per heavy atom. The maximum absolute atomic E-state index is 5.38. The molecule has 0 nitrogen and oxygen atoms in total. The van der Waals surface area contributed by atoms with Crippen molar-refractivity contribution in [1.82, 2.24) is 0 Å². The van der Waals surface area contributed by atoms with Crippen LogP contribution in [0.25, 0.3) is 0 Å². The average Bonchev–Trinajstić information content (AvgIpc) is 1.61. The van der Waals surface area contributed by atoms with E-state index in [0.29, 0.717) is 0 Å². The topological polar surface area (TPSA) is 0 Å². The van der Waals surface area contributed by atoms with Crippen molar-refractivity contribution >= 4 is 11.6 Å². The van der Waals surface area contributed by atoms with E-state index in [2.05, 4.69) is 6.92 Å². The summed E-state index contributed by atoms with van der Waals surface area (Å²) in [4.78, 5) is 0. The number of halogens is 1. The predicted molar refractivity (Wildman–Crippen MR) is 30.2 cm³/mol. The minimum absolute atomic E-state index is 0. The van der Waals surface area contributed by atoms with Gasteiger partial charge >= 0.3 is 0 Å². The van der Waals surface area contributed by atoms with E-state index in [-0.39, 0.29) is 20.4 Å². The molecule has 0 radical (unpaired) electrons. The summed E-state index contributed by atoms with van der Waals surface area (Å²) in [7, 11) is 0. The van der Waals surface area contributed by atoms with E-state index < -0.39 is 0 Å². The number of alkyl halides is 1. The van der Waals surface area contributed by atoms with Crippen molar-refractivity contribution in [1.29, 1.82) is 0 Å². The molecule has 0 amide bonds. The minimum Gasteiger partial charge on any atom is -0.127 e. The molecule has 0 aliphatic carbocycles. The van der Waals surface area contributed by atoms with Crippen LogP contribution in [0.3, 0.4) is 0 Å². The third-order valence-corrected chi connectivity index (χ3v) is 1.00. The Bertz CT molecular complexity index is 20.0. The van der Waals surface area contributed by atoms with E-state index in [0.717, 1.165) is 5.88 Å². The monoisotopic (exact) mass is 212 g/mol. The molecule has 7 heavy (non-hydrogen) atoms. The zero-order valence-corrected chi connectivity index (χ0v) is 6.83. The Balaban J connectivity index is 0. The largest absolute Gasteiger partial charge is 0.127 e. The molecule has 48 valence electrons. The van der Waals surface area contributed by atoms with Crippen LogP contribution in [0.15, 0.2) is 0 Å². The molecule has 0 unspecified atom stereocenters. The van der Waals surface area contributed by atoms with Gasteiger partial charge in [0.1, 0.15) is 0 Å². The van der Waals surface area contributed by atoms with Gasteiger partial charge in [0.15, 0.2) is 0 Å². The van der Waals surface area contributed by atoms with Crippen LogP contribution in [0.4, 0.5) is 0 Å². The molecule has 0 atom stereocenters. The van der Waals surface area contributed by atoms with Gasteiger partial charge in [-0.2, -0.15) is 0 Å². The first-order chi connectivity index (χ1) is 2.91. The molecular weight excluding hydrogens is 202 g/mol. The Labute approximate surface area is 64.3 Å². The van der Waals surface area contributed by atoms with Crippen molar-refractivity contribution in [3.05, 3.63) is 0 Å². The first-order valence-corrected chi connectivity index (χ1v) is 3.01. The van der Waals surface area contributed by atoms with Gasteiger partial charge in [-0.15, -0.1) is 11.6 Å². The van der Waals surface area contributed by atoms with Crippen molar-refractivity contribution in [2.45, 2.75) is 26.2 Å². The van der Waals surface area contributed by atoms with E-state index >= 15 is 0 Å². The molecule has 0 fully saturated rings. The predicted octanol–water partition coefficient (Wildman–Crippen LogP) is 2.41. The zero-order chi connectivity index (χ0) is 4.83. The molecule has 2 heteroatoms. The summed E-state index contributed by atoms with van der Waals surface area (Å²) in [5.41, 5.74) is 0. The molecule has 0 aliphatic heterocycles. The Hall–Kier alpha value is 0.952. The zero-order valence-electron chi connectivity index (χ0n) is 4.52. The number of rotatable bonds is 3. The number of unbranched alkanes of at least 4 members (excludes halogenated alkanes) is 2. The van der Waals surface area contributed by atoms with Gasteiger partial charge in [0.25, 0.3) is 0 Å². The van der Waals surface area contributed by atoms with Crippen molar-refractivity contribution in [2.24, 2.45) is 0 Å². The summed E-state index contributed by atoms with van der Waals surface area (Å²) in [6.07, 6.45) is 3.73. The van der Waals surface area contributed by atoms with Gasteiger partial charge in [0, 0.05) is 26.3 Å². The van der Waals surface area contributed by atoms with Crippen LogP contribution < -0.4 is 0 Å². The van der Waals surface area contributed by atoms with Crippen LogP contribution in [0.1, 0.15) is 26.2 Å². The van der Waals surface area contributed by atoms with Crippen LogP contribution in [0, 0.1) is 0 Å². The summed E-state index contributed by atoms with van der Waals surface area (Å²) in [6.45, 7) is 2.17. The standard InChI is InChI=1S/C5H11Cl.Pd/c1-2-3-4-5-6;/h2-5H2,1H3;. The summed E-state index contributed by atoms with van der Waals surface area (Å²) >= 11 is 5.38. The van der Waals surface area contributed by atoms with Gasteiger partial charge in [-0.05, 0) is 6.42 Å². The summed E-state index contributed by atoms with van der Waals surface area (Å²) < 4.78 is 0. The van der Waals surface area contributed by atoms with Gasteiger partial charge < -0.3 is 0 Å². The van der Waals surface area contributed by atoms with Gasteiger partial charge in [0.05, 0.1) is 0 Å². The average molecular weight is 213 g/mol. The van der Waals surface area contributed by atoms with E-state index in [4.69, 9.17) is 11.6 Å². The molecule has 0 aromatic heterocycles. The third kappa shape index (κ3) is 10.9. The minimum atomic E-state index is 0. The van der Waals surface area contributed by atoms with Gasteiger partial charge in [-0.25, -0.2) is 0 Å². The SMILES string of the molecule is CCCCCCl.[Pd]. The second-order valence-corrected chi connectivity index (χ2v) is 1.77. The van der Waals surface area contributed by atoms with Crippen molar-refractivity contribution in [2.75, 3.05) is 5.88 Å². The first-order valence-electron chi connectivity index (χ1n) is 2.47. The van der Waals surface area contributed by atoms with Crippen molar-refractivity contribution < 1.29 is 20.4 Å². The van der Waals surface area contributed by atoms with Crippen molar-refractivity contribution in [3.8, 4) is 0 Å². The first kappa shape index (κ1) is 10.8. The maximum Gasteiger partial charge on any atom is 0.0223 e. The third-order valence-electron chi connectivity index (χ3n) is 0.737. The summed E-state index contributed by atoms with van der Waals surface area (Å²) in [6, 6.07) is 0. The molecule has 0 N–H and O–H groups in total. The molecule has 0 heterocycles. The second kappa shape index (κ2) is 10.0. The van der Waals surface area contributed by atoms with E-state index in [1.807, 2.05) is 0 Å². The molecule has 0 rings (SSSR count). The van der Waals surface area contributed by atoms with Crippen LogP contribution in [0.5, 0.6) is 0 Å². The molecule has 0 aliphatic rings. The van der Waals surface area contributed by atoms with Gasteiger partial charge in [-0.3, -0.25) is 0 Å². The van der Waals surface area contributed by atoms with Crippen LogP contribution in [0.2, 0.25) is 0 Å². The number of hydrogen-bond donors (Lipinski definition) is 0. The van der Waals surface area contributed by atoms with Crippen molar-refractivity contribution in [3.63, 3.8) is 0 Å². The molecule has 0 bridgehead atoms. The normalized spacial score (nSPS) is 7.71. The fourth-order valence-electron chi connectivity index (χ4n) is 0.344. The Kier molecular flexibility index (Phi) is 15.6. The molecule has 0 saturated carbocycles. The van der Waals surface area contributed by atoms with Gasteiger partial charge in [0.2, 0.25) is 0 Å². The Morgan fingerprint density at radius 1 is 1.29 bits per heavy atom. The van der Waals surface area contributed by atoms with E-state index in [1.165, 1.54) is 19.3 Å². The fourth-order valence-corrected chi connectivity index (χ4v) is 0.533. The quantitative estimate of drug-likeness (QED) is 0.383. The maximum atomic E-state index is 5.38. The molecule has 0 saturated heterocycles.